The fourth-order valence-corrected chi connectivity index (χ4v) is 5.89. The van der Waals surface area contributed by atoms with Crippen molar-refractivity contribution in [2.45, 2.75) is 70.8 Å². The highest BCUT2D eigenvalue weighted by Gasteiger charge is 2.37. The van der Waals surface area contributed by atoms with Crippen LogP contribution in [0, 0.1) is 6.92 Å². The van der Waals surface area contributed by atoms with E-state index in [2.05, 4.69) is 52.1 Å². The number of ether oxygens (including phenoxy) is 2. The van der Waals surface area contributed by atoms with Gasteiger partial charge in [0.2, 0.25) is 0 Å². The molecule has 1 aliphatic carbocycles. The summed E-state index contributed by atoms with van der Waals surface area (Å²) in [7, 11) is 3.28. The maximum atomic E-state index is 13.5. The fraction of sp³-hybridized carbons (Fsp3) is 0.361. The summed E-state index contributed by atoms with van der Waals surface area (Å²) in [5.74, 6) is 2.32. The molecule has 5 rings (SSSR count). The van der Waals surface area contributed by atoms with Crippen LogP contribution in [0.1, 0.15) is 96.3 Å². The van der Waals surface area contributed by atoms with Crippen molar-refractivity contribution in [3.8, 4) is 11.5 Å². The average Bonchev–Trinajstić information content (AvgIpc) is 3.44. The lowest BCUT2D eigenvalue weighted by Crippen LogP contribution is -2.34. The second kappa shape index (κ2) is 11.1. The van der Waals surface area contributed by atoms with Gasteiger partial charge in [0.15, 0.2) is 5.76 Å². The Labute approximate surface area is 243 Å². The zero-order valence-electron chi connectivity index (χ0n) is 25.3. The Morgan fingerprint density at radius 3 is 1.83 bits per heavy atom. The summed E-state index contributed by atoms with van der Waals surface area (Å²) < 4.78 is 16.8. The molecule has 1 heterocycles. The quantitative estimate of drug-likeness (QED) is 0.241. The van der Waals surface area contributed by atoms with Crippen molar-refractivity contribution >= 4 is 5.91 Å². The van der Waals surface area contributed by atoms with Gasteiger partial charge in [-0.2, -0.15) is 0 Å². The number of methoxy groups -OCH3 is 2. The Kier molecular flexibility index (Phi) is 7.74. The molecule has 0 unspecified atom stereocenters. The minimum absolute atomic E-state index is 0.138. The Morgan fingerprint density at radius 1 is 0.805 bits per heavy atom. The van der Waals surface area contributed by atoms with Crippen molar-refractivity contribution in [1.82, 2.24) is 5.32 Å². The number of benzene rings is 3. The molecule has 0 saturated heterocycles. The first-order valence-corrected chi connectivity index (χ1v) is 14.3. The summed E-state index contributed by atoms with van der Waals surface area (Å²) in [4.78, 5) is 13.5. The van der Waals surface area contributed by atoms with E-state index in [0.717, 1.165) is 28.4 Å². The number of hydrogen-bond acceptors (Lipinski definition) is 4. The molecule has 214 valence electrons. The molecule has 0 spiro atoms. The molecule has 0 atom stereocenters. The normalized spacial score (nSPS) is 15.3. The summed E-state index contributed by atoms with van der Waals surface area (Å²) in [5, 5.41) is 3.18. The zero-order chi connectivity index (χ0) is 29.4. The van der Waals surface area contributed by atoms with Gasteiger partial charge in [0.05, 0.1) is 20.3 Å². The van der Waals surface area contributed by atoms with Gasteiger partial charge in [-0.3, -0.25) is 4.79 Å². The predicted molar refractivity (Wildman–Crippen MR) is 163 cm³/mol. The SMILES string of the molecule is COc1ccc(C(NC(=O)c2ccc(Cc3cc4c(cc3C)C(C)(C)CCC4(C)C)o2)c2ccc(OC)cc2)cc1. The van der Waals surface area contributed by atoms with Crippen molar-refractivity contribution in [3.05, 3.63) is 118 Å². The van der Waals surface area contributed by atoms with Crippen LogP contribution < -0.4 is 14.8 Å². The van der Waals surface area contributed by atoms with E-state index in [1.165, 1.54) is 35.1 Å². The summed E-state index contributed by atoms with van der Waals surface area (Å²) in [6.07, 6.45) is 3.00. The minimum atomic E-state index is -0.374. The van der Waals surface area contributed by atoms with Crippen LogP contribution in [0.15, 0.2) is 77.2 Å². The predicted octanol–water partition coefficient (Wildman–Crippen LogP) is 8.06. The third-order valence-corrected chi connectivity index (χ3v) is 8.73. The first-order chi connectivity index (χ1) is 19.5. The number of carbonyl (C=O) groups is 1. The molecule has 0 saturated carbocycles. The number of aryl methyl sites for hydroxylation is 1. The van der Waals surface area contributed by atoms with Crippen molar-refractivity contribution in [2.24, 2.45) is 0 Å². The van der Waals surface area contributed by atoms with Crippen LogP contribution in [0.3, 0.4) is 0 Å². The van der Waals surface area contributed by atoms with Crippen molar-refractivity contribution in [3.63, 3.8) is 0 Å². The summed E-state index contributed by atoms with van der Waals surface area (Å²) in [5.41, 5.74) is 7.57. The Hall–Kier alpha value is -3.99. The monoisotopic (exact) mass is 551 g/mol. The van der Waals surface area contributed by atoms with Crippen LogP contribution >= 0.6 is 0 Å². The van der Waals surface area contributed by atoms with E-state index in [9.17, 15) is 4.79 Å². The molecular formula is C36H41NO4. The van der Waals surface area contributed by atoms with Crippen LogP contribution in [-0.4, -0.2) is 20.1 Å². The van der Waals surface area contributed by atoms with E-state index in [-0.39, 0.29) is 22.8 Å². The second-order valence-electron chi connectivity index (χ2n) is 12.5. The van der Waals surface area contributed by atoms with Crippen LogP contribution in [-0.2, 0) is 17.3 Å². The molecule has 1 aromatic heterocycles. The molecule has 0 aliphatic heterocycles. The van der Waals surface area contributed by atoms with Gasteiger partial charge in [0.25, 0.3) is 5.91 Å². The molecule has 1 aliphatic rings. The molecule has 0 fully saturated rings. The highest BCUT2D eigenvalue weighted by Crippen LogP contribution is 2.46. The second-order valence-corrected chi connectivity index (χ2v) is 12.5. The molecule has 4 aromatic rings. The van der Waals surface area contributed by atoms with Gasteiger partial charge in [-0.15, -0.1) is 0 Å². The highest BCUT2D eigenvalue weighted by molar-refractivity contribution is 5.92. The van der Waals surface area contributed by atoms with Gasteiger partial charge in [-0.05, 0) is 100 Å². The van der Waals surface area contributed by atoms with Gasteiger partial charge >= 0.3 is 0 Å². The summed E-state index contributed by atoms with van der Waals surface area (Å²) in [6, 6.07) is 23.5. The average molecular weight is 552 g/mol. The lowest BCUT2D eigenvalue weighted by Gasteiger charge is -2.42. The molecule has 5 heteroatoms. The van der Waals surface area contributed by atoms with Gasteiger partial charge in [0, 0.05) is 6.42 Å². The number of rotatable bonds is 8. The summed E-state index contributed by atoms with van der Waals surface area (Å²) in [6.45, 7) is 11.6. The van der Waals surface area contributed by atoms with Gasteiger partial charge < -0.3 is 19.2 Å². The highest BCUT2D eigenvalue weighted by atomic mass is 16.5. The molecule has 3 aromatic carbocycles. The van der Waals surface area contributed by atoms with E-state index >= 15 is 0 Å². The standard InChI is InChI=1S/C36H41NO4/c1-23-20-30-31(36(4,5)19-18-35(30,2)3)22-26(23)21-29-16-17-32(41-29)34(38)37-33(24-8-12-27(39-6)13-9-24)25-10-14-28(40-7)15-11-25/h8-17,20,22,33H,18-19,21H2,1-7H3,(H,37,38). The van der Waals surface area contributed by atoms with Crippen molar-refractivity contribution in [1.29, 1.82) is 0 Å². The zero-order valence-corrected chi connectivity index (χ0v) is 25.3. The van der Waals surface area contributed by atoms with Crippen molar-refractivity contribution < 1.29 is 18.7 Å². The fourth-order valence-electron chi connectivity index (χ4n) is 5.89. The number of hydrogen-bond donors (Lipinski definition) is 1. The van der Waals surface area contributed by atoms with Crippen LogP contribution in [0.2, 0.25) is 0 Å². The van der Waals surface area contributed by atoms with Gasteiger partial charge in [0.1, 0.15) is 17.3 Å². The van der Waals surface area contributed by atoms with Crippen molar-refractivity contribution in [2.75, 3.05) is 14.2 Å². The summed E-state index contributed by atoms with van der Waals surface area (Å²) >= 11 is 0. The lowest BCUT2D eigenvalue weighted by atomic mass is 9.62. The molecule has 0 bridgehead atoms. The smallest absolute Gasteiger partial charge is 0.287 e. The molecule has 1 amide bonds. The number of furan rings is 1. The number of nitrogens with one attached hydrogen (secondary N) is 1. The minimum Gasteiger partial charge on any atom is -0.497 e. The third-order valence-electron chi connectivity index (χ3n) is 8.73. The maximum Gasteiger partial charge on any atom is 0.287 e. The number of carbonyl (C=O) groups excluding carboxylic acids is 1. The van der Waals surface area contributed by atoms with E-state index in [4.69, 9.17) is 13.9 Å². The van der Waals surface area contributed by atoms with Crippen LogP contribution in [0.4, 0.5) is 0 Å². The Bertz CT molecular complexity index is 1480. The van der Waals surface area contributed by atoms with E-state index in [0.29, 0.717) is 12.2 Å². The molecule has 0 radical (unpaired) electrons. The molecule has 5 nitrogen and oxygen atoms in total. The maximum absolute atomic E-state index is 13.5. The van der Waals surface area contributed by atoms with E-state index in [1.807, 2.05) is 54.6 Å². The van der Waals surface area contributed by atoms with Gasteiger partial charge in [-0.1, -0.05) is 64.1 Å². The number of amides is 1. The lowest BCUT2D eigenvalue weighted by molar-refractivity contribution is 0.0913. The van der Waals surface area contributed by atoms with Crippen LogP contribution in [0.5, 0.6) is 11.5 Å². The molecule has 41 heavy (non-hydrogen) atoms. The van der Waals surface area contributed by atoms with E-state index in [1.54, 1.807) is 20.3 Å². The topological polar surface area (TPSA) is 60.7 Å². The van der Waals surface area contributed by atoms with Gasteiger partial charge in [-0.25, -0.2) is 0 Å². The first kappa shape index (κ1) is 28.5. The van der Waals surface area contributed by atoms with E-state index < -0.39 is 0 Å². The Morgan fingerprint density at radius 2 is 1.32 bits per heavy atom. The largest absolute Gasteiger partial charge is 0.497 e. The van der Waals surface area contributed by atoms with Crippen LogP contribution in [0.25, 0.3) is 0 Å². The number of fused-ring (bicyclic) bond motifs is 1. The third kappa shape index (κ3) is 5.90. The molecule has 1 N–H and O–H groups in total. The first-order valence-electron chi connectivity index (χ1n) is 14.3. The molecular weight excluding hydrogens is 510 g/mol. The Balaban J connectivity index is 1.39.